The van der Waals surface area contributed by atoms with Crippen molar-refractivity contribution in [3.63, 3.8) is 0 Å². The molecule has 0 heterocycles. The summed E-state index contributed by atoms with van der Waals surface area (Å²) >= 11 is 1.38. The topological polar surface area (TPSA) is 92.8 Å². The maximum Gasteiger partial charge on any atom is 0.175 e. The highest BCUT2D eigenvalue weighted by Crippen LogP contribution is 2.24. The molecule has 0 spiro atoms. The van der Waals surface area contributed by atoms with Crippen molar-refractivity contribution >= 4 is 27.4 Å². The second-order valence-corrected chi connectivity index (χ2v) is 6.96. The quantitative estimate of drug-likeness (QED) is 0.284. The Balaban J connectivity index is 2.83. The average molecular weight is 274 g/mol. The Morgan fingerprint density at radius 1 is 1.41 bits per heavy atom. The van der Waals surface area contributed by atoms with Crippen LogP contribution in [0, 0.1) is 0 Å². The Kier molecular flexibility index (Phi) is 4.41. The molecule has 0 fully saturated rings. The molecule has 0 saturated carbocycles. The molecule has 1 unspecified atom stereocenters. The van der Waals surface area contributed by atoms with Gasteiger partial charge in [0.25, 0.3) is 0 Å². The van der Waals surface area contributed by atoms with Gasteiger partial charge in [0.1, 0.15) is 0 Å². The molecule has 0 aliphatic heterocycles. The molecule has 7 heteroatoms. The van der Waals surface area contributed by atoms with E-state index in [2.05, 4.69) is 5.16 Å². The van der Waals surface area contributed by atoms with E-state index >= 15 is 0 Å². The van der Waals surface area contributed by atoms with Crippen LogP contribution in [0.2, 0.25) is 0 Å². The van der Waals surface area contributed by atoms with Crippen LogP contribution in [0.3, 0.4) is 0 Å². The normalized spacial score (nSPS) is 14.6. The van der Waals surface area contributed by atoms with E-state index in [0.29, 0.717) is 0 Å². The standard InChI is InChI=1S/C10H14N2O3S2/c1-7(10(11)12-13)16-8-3-5-9(6-4-8)17(2,14)15/h3-7,13H,1-2H3,(H2,11,12). The van der Waals surface area contributed by atoms with Crippen LogP contribution in [0.5, 0.6) is 0 Å². The van der Waals surface area contributed by atoms with Crippen LogP contribution in [0.1, 0.15) is 6.92 Å². The molecule has 0 saturated heterocycles. The van der Waals surface area contributed by atoms with Gasteiger partial charge in [-0.1, -0.05) is 5.16 Å². The van der Waals surface area contributed by atoms with Crippen molar-refractivity contribution in [1.82, 2.24) is 0 Å². The summed E-state index contributed by atoms with van der Waals surface area (Å²) < 4.78 is 22.5. The minimum absolute atomic E-state index is 0.127. The van der Waals surface area contributed by atoms with Crippen LogP contribution >= 0.6 is 11.8 Å². The lowest BCUT2D eigenvalue weighted by atomic mass is 10.4. The number of hydrogen-bond donors (Lipinski definition) is 2. The van der Waals surface area contributed by atoms with Gasteiger partial charge in [-0.2, -0.15) is 0 Å². The summed E-state index contributed by atoms with van der Waals surface area (Å²) in [6.07, 6.45) is 1.16. The van der Waals surface area contributed by atoms with Crippen LogP contribution in [0.4, 0.5) is 0 Å². The van der Waals surface area contributed by atoms with Gasteiger partial charge >= 0.3 is 0 Å². The number of benzene rings is 1. The van der Waals surface area contributed by atoms with Crippen molar-refractivity contribution in [2.75, 3.05) is 6.26 Å². The van der Waals surface area contributed by atoms with Crippen LogP contribution in [-0.2, 0) is 9.84 Å². The number of thioether (sulfide) groups is 1. The van der Waals surface area contributed by atoms with Crippen molar-refractivity contribution < 1.29 is 13.6 Å². The third-order valence-corrected chi connectivity index (χ3v) is 4.36. The number of oxime groups is 1. The molecule has 94 valence electrons. The minimum atomic E-state index is -3.17. The van der Waals surface area contributed by atoms with Crippen LogP contribution in [0.25, 0.3) is 0 Å². The maximum atomic E-state index is 11.2. The monoisotopic (exact) mass is 274 g/mol. The van der Waals surface area contributed by atoms with Crippen LogP contribution in [-0.4, -0.2) is 31.0 Å². The van der Waals surface area contributed by atoms with Gasteiger partial charge in [-0.25, -0.2) is 8.42 Å². The molecule has 17 heavy (non-hydrogen) atoms. The summed E-state index contributed by atoms with van der Waals surface area (Å²) in [6, 6.07) is 6.47. The van der Waals surface area contributed by atoms with E-state index in [-0.39, 0.29) is 16.0 Å². The summed E-state index contributed by atoms with van der Waals surface area (Å²) in [4.78, 5) is 1.13. The molecule has 1 atom stereocenters. The molecule has 1 aromatic rings. The summed E-state index contributed by atoms with van der Waals surface area (Å²) in [5.41, 5.74) is 5.45. The highest BCUT2D eigenvalue weighted by molar-refractivity contribution is 8.00. The fourth-order valence-corrected chi connectivity index (χ4v) is 2.61. The molecule has 1 aromatic carbocycles. The summed E-state index contributed by atoms with van der Waals surface area (Å²) in [7, 11) is -3.17. The molecule has 1 rings (SSSR count). The Labute approximate surface area is 105 Å². The summed E-state index contributed by atoms with van der Waals surface area (Å²) in [5, 5.41) is 11.2. The second-order valence-electron chi connectivity index (χ2n) is 3.53. The first-order chi connectivity index (χ1) is 7.84. The van der Waals surface area contributed by atoms with E-state index in [1.54, 1.807) is 19.1 Å². The molecule has 0 bridgehead atoms. The van der Waals surface area contributed by atoms with Gasteiger partial charge in [0.05, 0.1) is 10.1 Å². The second kappa shape index (κ2) is 5.42. The number of nitrogens with zero attached hydrogens (tertiary/aromatic N) is 1. The number of sulfone groups is 1. The summed E-state index contributed by atoms with van der Waals surface area (Å²) in [5.74, 6) is 0.127. The molecule has 3 N–H and O–H groups in total. The van der Waals surface area contributed by atoms with E-state index < -0.39 is 9.84 Å². The van der Waals surface area contributed by atoms with E-state index in [4.69, 9.17) is 10.9 Å². The van der Waals surface area contributed by atoms with Gasteiger partial charge in [-0.15, -0.1) is 11.8 Å². The average Bonchev–Trinajstić information content (AvgIpc) is 2.27. The van der Waals surface area contributed by atoms with Crippen molar-refractivity contribution in [1.29, 1.82) is 0 Å². The van der Waals surface area contributed by atoms with Gasteiger partial charge in [-0.05, 0) is 31.2 Å². The van der Waals surface area contributed by atoms with Gasteiger partial charge in [0.2, 0.25) is 0 Å². The van der Waals surface area contributed by atoms with E-state index in [9.17, 15) is 8.42 Å². The zero-order valence-corrected chi connectivity index (χ0v) is 11.1. The number of rotatable bonds is 4. The van der Waals surface area contributed by atoms with Crippen molar-refractivity contribution in [3.8, 4) is 0 Å². The minimum Gasteiger partial charge on any atom is -0.409 e. The molecular weight excluding hydrogens is 260 g/mol. The zero-order valence-electron chi connectivity index (χ0n) is 9.49. The fraction of sp³-hybridized carbons (Fsp3) is 0.300. The Morgan fingerprint density at radius 3 is 2.35 bits per heavy atom. The van der Waals surface area contributed by atoms with Crippen LogP contribution in [0.15, 0.2) is 39.2 Å². The molecular formula is C10H14N2O3S2. The van der Waals surface area contributed by atoms with E-state index in [1.807, 2.05) is 0 Å². The third-order valence-electron chi connectivity index (χ3n) is 2.10. The number of nitrogens with two attached hydrogens (primary N) is 1. The Hall–Kier alpha value is -1.21. The van der Waals surface area contributed by atoms with Gasteiger partial charge in [0, 0.05) is 11.2 Å². The predicted molar refractivity (Wildman–Crippen MR) is 68.3 cm³/mol. The molecule has 0 amide bonds. The lowest BCUT2D eigenvalue weighted by molar-refractivity contribution is 0.317. The maximum absolute atomic E-state index is 11.2. The van der Waals surface area contributed by atoms with Crippen LogP contribution < -0.4 is 5.73 Å². The third kappa shape index (κ3) is 3.94. The largest absolute Gasteiger partial charge is 0.409 e. The lowest BCUT2D eigenvalue weighted by Crippen LogP contribution is -2.23. The number of amidine groups is 1. The molecule has 0 aromatic heterocycles. The highest BCUT2D eigenvalue weighted by atomic mass is 32.2. The van der Waals surface area contributed by atoms with Gasteiger partial charge in [0.15, 0.2) is 15.7 Å². The predicted octanol–water partition coefficient (Wildman–Crippen LogP) is 1.32. The van der Waals surface area contributed by atoms with E-state index in [0.717, 1.165) is 11.2 Å². The zero-order chi connectivity index (χ0) is 13.1. The van der Waals surface area contributed by atoms with Crippen molar-refractivity contribution in [2.24, 2.45) is 10.9 Å². The SMILES string of the molecule is CC(Sc1ccc(S(C)(=O)=O)cc1)/C(N)=N/O. The molecule has 0 aliphatic rings. The van der Waals surface area contributed by atoms with Crippen molar-refractivity contribution in [2.45, 2.75) is 22.0 Å². The molecule has 5 nitrogen and oxygen atoms in total. The Bertz CT molecular complexity index is 509. The fourth-order valence-electron chi connectivity index (χ4n) is 1.11. The Morgan fingerprint density at radius 2 is 1.94 bits per heavy atom. The van der Waals surface area contributed by atoms with Crippen molar-refractivity contribution in [3.05, 3.63) is 24.3 Å². The first-order valence-electron chi connectivity index (χ1n) is 4.79. The van der Waals surface area contributed by atoms with Gasteiger partial charge < -0.3 is 10.9 Å². The molecule has 0 radical (unpaired) electrons. The van der Waals surface area contributed by atoms with Gasteiger partial charge in [-0.3, -0.25) is 0 Å². The molecule has 0 aliphatic carbocycles. The number of hydrogen-bond acceptors (Lipinski definition) is 5. The summed E-state index contributed by atoms with van der Waals surface area (Å²) in [6.45, 7) is 1.80. The van der Waals surface area contributed by atoms with E-state index in [1.165, 1.54) is 23.9 Å². The first kappa shape index (κ1) is 13.9. The smallest absolute Gasteiger partial charge is 0.175 e. The highest BCUT2D eigenvalue weighted by Gasteiger charge is 2.11. The lowest BCUT2D eigenvalue weighted by Gasteiger charge is -2.09. The first-order valence-corrected chi connectivity index (χ1v) is 7.56.